The molecule has 0 aliphatic carbocycles. The Kier molecular flexibility index (Phi) is 11.3. The van der Waals surface area contributed by atoms with Gasteiger partial charge in [-0.2, -0.15) is 0 Å². The molecule has 10 nitrogen and oxygen atoms in total. The maximum atomic E-state index is 13.2. The first-order valence-corrected chi connectivity index (χ1v) is 15.2. The molecule has 0 fully saturated rings. The van der Waals surface area contributed by atoms with Crippen molar-refractivity contribution in [2.75, 3.05) is 20.5 Å². The Hall–Kier alpha value is -3.77. The predicted octanol–water partition coefficient (Wildman–Crippen LogP) is 5.84. The minimum absolute atomic E-state index is 0.0172. The topological polar surface area (TPSA) is 115 Å². The molecule has 41 heavy (non-hydrogen) atoms. The van der Waals surface area contributed by atoms with Gasteiger partial charge in [0, 0.05) is 9.75 Å². The van der Waals surface area contributed by atoms with Gasteiger partial charge in [-0.15, -0.1) is 22.7 Å². The van der Waals surface area contributed by atoms with Crippen LogP contribution in [0.2, 0.25) is 0 Å². The standard InChI is InChI=1S/C29H35N3O7S2/c1-3-4-7-21(18-37-29(35)32(16-22-8-5-12-40-22)17-23-9-6-13-41-23)30-28(34)31-24(15-27(33)36-2)20-10-11-25-26(14-20)39-19-38-25/h5-6,8-14,21,24H,3-4,7,15-19H2,1-2H3,(H2,30,31,34)/t21-,24-/m0/s1. The highest BCUT2D eigenvalue weighted by Gasteiger charge is 2.25. The number of hydrogen-bond donors (Lipinski definition) is 2. The molecule has 2 atom stereocenters. The molecule has 4 rings (SSSR count). The van der Waals surface area contributed by atoms with E-state index in [1.165, 1.54) is 7.11 Å². The van der Waals surface area contributed by atoms with Gasteiger partial charge in [-0.3, -0.25) is 9.69 Å². The van der Waals surface area contributed by atoms with Crippen LogP contribution in [0.1, 0.15) is 54.0 Å². The lowest BCUT2D eigenvalue weighted by molar-refractivity contribution is -0.141. The van der Waals surface area contributed by atoms with E-state index >= 15 is 0 Å². The number of ether oxygens (including phenoxy) is 4. The zero-order chi connectivity index (χ0) is 29.0. The number of rotatable bonds is 14. The number of carbonyl (C=O) groups excluding carboxylic acids is 3. The van der Waals surface area contributed by atoms with Crippen LogP contribution in [0.15, 0.2) is 53.2 Å². The lowest BCUT2D eigenvalue weighted by atomic mass is 10.0. The van der Waals surface area contributed by atoms with Crippen LogP contribution in [-0.4, -0.2) is 49.5 Å². The highest BCUT2D eigenvalue weighted by molar-refractivity contribution is 7.10. The summed E-state index contributed by atoms with van der Waals surface area (Å²) < 4.78 is 21.4. The number of nitrogens with one attached hydrogen (secondary N) is 2. The Morgan fingerprint density at radius 3 is 2.34 bits per heavy atom. The normalized spacial score (nSPS) is 13.2. The molecule has 220 valence electrons. The van der Waals surface area contributed by atoms with Crippen LogP contribution in [0.4, 0.5) is 9.59 Å². The molecule has 0 unspecified atom stereocenters. The van der Waals surface area contributed by atoms with Crippen molar-refractivity contribution in [3.63, 3.8) is 0 Å². The van der Waals surface area contributed by atoms with Crippen molar-refractivity contribution in [2.45, 2.75) is 57.8 Å². The number of carbonyl (C=O) groups is 3. The first-order chi connectivity index (χ1) is 19.9. The number of methoxy groups -OCH3 is 1. The van der Waals surface area contributed by atoms with Crippen LogP contribution >= 0.6 is 22.7 Å². The van der Waals surface area contributed by atoms with Crippen LogP contribution in [0.3, 0.4) is 0 Å². The van der Waals surface area contributed by atoms with Gasteiger partial charge in [0.1, 0.15) is 6.61 Å². The van der Waals surface area contributed by atoms with Gasteiger partial charge in [0.2, 0.25) is 6.79 Å². The number of urea groups is 1. The summed E-state index contributed by atoms with van der Waals surface area (Å²) in [5.41, 5.74) is 0.670. The second-order valence-corrected chi connectivity index (χ2v) is 11.6. The van der Waals surface area contributed by atoms with Gasteiger partial charge in [0.15, 0.2) is 11.5 Å². The SMILES string of the molecule is CCCC[C@@H](COC(=O)N(Cc1cccs1)Cc1cccs1)NC(=O)N[C@@H](CC(=O)OC)c1ccc2c(c1)OCO2. The average molecular weight is 602 g/mol. The van der Waals surface area contributed by atoms with Crippen LogP contribution in [-0.2, 0) is 27.4 Å². The van der Waals surface area contributed by atoms with Gasteiger partial charge < -0.3 is 29.6 Å². The third kappa shape index (κ3) is 9.12. The van der Waals surface area contributed by atoms with Crippen molar-refractivity contribution < 1.29 is 33.3 Å². The Bertz CT molecular complexity index is 1230. The third-order valence-electron chi connectivity index (χ3n) is 6.46. The molecule has 0 bridgehead atoms. The van der Waals surface area contributed by atoms with Gasteiger partial charge in [0.05, 0.1) is 38.7 Å². The van der Waals surface area contributed by atoms with Crippen LogP contribution in [0.5, 0.6) is 11.5 Å². The smallest absolute Gasteiger partial charge is 0.410 e. The molecule has 2 aromatic heterocycles. The first kappa shape index (κ1) is 30.2. The number of benzene rings is 1. The average Bonchev–Trinajstić information content (AvgIpc) is 3.76. The molecule has 12 heteroatoms. The number of unbranched alkanes of at least 4 members (excludes halogenated alkanes) is 1. The summed E-state index contributed by atoms with van der Waals surface area (Å²) in [6, 6.07) is 11.6. The first-order valence-electron chi connectivity index (χ1n) is 13.4. The summed E-state index contributed by atoms with van der Waals surface area (Å²) in [6.45, 7) is 3.06. The Labute approximate surface area is 247 Å². The van der Waals surface area contributed by atoms with Crippen molar-refractivity contribution in [3.05, 3.63) is 68.5 Å². The Balaban J connectivity index is 1.39. The number of thiophene rings is 2. The molecule has 1 aliphatic rings. The summed E-state index contributed by atoms with van der Waals surface area (Å²) >= 11 is 3.16. The van der Waals surface area contributed by atoms with Gasteiger partial charge >= 0.3 is 18.1 Å². The maximum absolute atomic E-state index is 13.2. The monoisotopic (exact) mass is 601 g/mol. The summed E-state index contributed by atoms with van der Waals surface area (Å²) in [4.78, 5) is 42.2. The predicted molar refractivity (Wildman–Crippen MR) is 156 cm³/mol. The van der Waals surface area contributed by atoms with Crippen molar-refractivity contribution in [1.82, 2.24) is 15.5 Å². The third-order valence-corrected chi connectivity index (χ3v) is 8.19. The summed E-state index contributed by atoms with van der Waals surface area (Å²) in [6.07, 6.45) is 1.86. The van der Waals surface area contributed by atoms with Crippen molar-refractivity contribution >= 4 is 40.8 Å². The molecule has 2 N–H and O–H groups in total. The quantitative estimate of drug-likeness (QED) is 0.223. The van der Waals surface area contributed by atoms with Crippen molar-refractivity contribution in [3.8, 4) is 11.5 Å². The fourth-order valence-electron chi connectivity index (χ4n) is 4.29. The number of amides is 3. The Morgan fingerprint density at radius 2 is 1.71 bits per heavy atom. The minimum Gasteiger partial charge on any atom is -0.469 e. The second-order valence-electron chi connectivity index (χ2n) is 9.49. The zero-order valence-corrected chi connectivity index (χ0v) is 24.8. The number of hydrogen-bond acceptors (Lipinski definition) is 9. The fourth-order valence-corrected chi connectivity index (χ4v) is 5.73. The van der Waals surface area contributed by atoms with E-state index in [0.717, 1.165) is 22.6 Å². The molecular weight excluding hydrogens is 566 g/mol. The van der Waals surface area contributed by atoms with Gasteiger partial charge in [-0.25, -0.2) is 9.59 Å². The highest BCUT2D eigenvalue weighted by Crippen LogP contribution is 2.35. The lowest BCUT2D eigenvalue weighted by Gasteiger charge is -2.25. The highest BCUT2D eigenvalue weighted by atomic mass is 32.1. The van der Waals surface area contributed by atoms with Gasteiger partial charge in [0.25, 0.3) is 0 Å². The molecule has 0 spiro atoms. The van der Waals surface area contributed by atoms with E-state index in [1.54, 1.807) is 45.8 Å². The molecule has 0 radical (unpaired) electrons. The van der Waals surface area contributed by atoms with Crippen LogP contribution in [0, 0.1) is 0 Å². The minimum atomic E-state index is -0.668. The van der Waals surface area contributed by atoms with Crippen LogP contribution < -0.4 is 20.1 Å². The van der Waals surface area contributed by atoms with Gasteiger partial charge in [-0.1, -0.05) is 38.0 Å². The lowest BCUT2D eigenvalue weighted by Crippen LogP contribution is -2.46. The van der Waals surface area contributed by atoms with E-state index in [1.807, 2.05) is 35.0 Å². The molecule has 3 aromatic rings. The number of fused-ring (bicyclic) bond motifs is 1. The maximum Gasteiger partial charge on any atom is 0.410 e. The van der Waals surface area contributed by atoms with Crippen molar-refractivity contribution in [2.24, 2.45) is 0 Å². The molecule has 3 heterocycles. The van der Waals surface area contributed by atoms with E-state index < -0.39 is 30.2 Å². The van der Waals surface area contributed by atoms with E-state index in [9.17, 15) is 14.4 Å². The molecule has 1 aromatic carbocycles. The second kappa shape index (κ2) is 15.3. The molecular formula is C29H35N3O7S2. The Morgan fingerprint density at radius 1 is 1.00 bits per heavy atom. The summed E-state index contributed by atoms with van der Waals surface area (Å²) in [7, 11) is 1.30. The molecule has 0 saturated carbocycles. The molecule has 0 saturated heterocycles. The van der Waals surface area contributed by atoms with E-state index in [-0.39, 0.29) is 19.8 Å². The zero-order valence-electron chi connectivity index (χ0n) is 23.1. The largest absolute Gasteiger partial charge is 0.469 e. The number of esters is 1. The summed E-state index contributed by atoms with van der Waals surface area (Å²) in [5.74, 6) is 0.673. The van der Waals surface area contributed by atoms with Gasteiger partial charge in [-0.05, 0) is 47.0 Å². The van der Waals surface area contributed by atoms with Crippen LogP contribution in [0.25, 0.3) is 0 Å². The fraction of sp³-hybridized carbons (Fsp3) is 0.414. The van der Waals surface area contributed by atoms with Crippen molar-refractivity contribution in [1.29, 1.82) is 0 Å². The van der Waals surface area contributed by atoms with E-state index in [4.69, 9.17) is 18.9 Å². The number of nitrogens with zero attached hydrogens (tertiary/aromatic N) is 1. The molecule has 1 aliphatic heterocycles. The van der Waals surface area contributed by atoms with E-state index in [2.05, 4.69) is 17.6 Å². The summed E-state index contributed by atoms with van der Waals surface area (Å²) in [5, 5.41) is 9.76. The molecule has 3 amide bonds. The van der Waals surface area contributed by atoms with E-state index in [0.29, 0.717) is 36.6 Å².